The van der Waals surface area contributed by atoms with Crippen LogP contribution >= 0.6 is 0 Å². The summed E-state index contributed by atoms with van der Waals surface area (Å²) in [5, 5.41) is 3.27. The quantitative estimate of drug-likeness (QED) is 0.408. The lowest BCUT2D eigenvalue weighted by molar-refractivity contribution is 0.295. The largest absolute Gasteiger partial charge is 0.493 e. The minimum absolute atomic E-state index is 0.643. The lowest BCUT2D eigenvalue weighted by Crippen LogP contribution is -2.31. The van der Waals surface area contributed by atoms with Gasteiger partial charge in [0.15, 0.2) is 0 Å². The highest BCUT2D eigenvalue weighted by atomic mass is 16.5. The predicted octanol–water partition coefficient (Wildman–Crippen LogP) is 6.41. The van der Waals surface area contributed by atoms with Crippen LogP contribution in [-0.4, -0.2) is 49.6 Å². The van der Waals surface area contributed by atoms with Gasteiger partial charge in [0.1, 0.15) is 5.75 Å². The second-order valence-electron chi connectivity index (χ2n) is 9.92. The van der Waals surface area contributed by atoms with Gasteiger partial charge in [-0.05, 0) is 68.3 Å². The van der Waals surface area contributed by atoms with E-state index in [9.17, 15) is 0 Å². The molecule has 0 saturated carbocycles. The van der Waals surface area contributed by atoms with Crippen molar-refractivity contribution in [1.29, 1.82) is 0 Å². The fraction of sp³-hybridized carbons (Fsp3) is 0.484. The summed E-state index contributed by atoms with van der Waals surface area (Å²) in [4.78, 5) is 4.98. The molecule has 0 amide bonds. The van der Waals surface area contributed by atoms with Crippen LogP contribution in [0.15, 0.2) is 66.9 Å². The molecule has 0 aromatic heterocycles. The zero-order valence-corrected chi connectivity index (χ0v) is 21.8. The molecule has 0 aliphatic carbocycles. The fourth-order valence-electron chi connectivity index (χ4n) is 5.46. The number of nitrogens with one attached hydrogen (secondary N) is 1. The van der Waals surface area contributed by atoms with Crippen molar-refractivity contribution in [3.05, 3.63) is 83.6 Å². The molecule has 0 atom stereocenters. The average Bonchev–Trinajstić information content (AvgIpc) is 3.43. The third-order valence-corrected chi connectivity index (χ3v) is 7.38. The van der Waals surface area contributed by atoms with Gasteiger partial charge in [-0.3, -0.25) is 0 Å². The van der Waals surface area contributed by atoms with Crippen molar-refractivity contribution in [2.45, 2.75) is 57.9 Å². The molecule has 0 bridgehead atoms. The molecule has 2 fully saturated rings. The van der Waals surface area contributed by atoms with E-state index in [4.69, 9.17) is 4.74 Å². The van der Waals surface area contributed by atoms with Gasteiger partial charge < -0.3 is 19.9 Å². The molecule has 4 nitrogen and oxygen atoms in total. The van der Waals surface area contributed by atoms with Gasteiger partial charge in [0.2, 0.25) is 0 Å². The predicted molar refractivity (Wildman–Crippen MR) is 148 cm³/mol. The zero-order chi connectivity index (χ0) is 24.5. The normalized spacial score (nSPS) is 17.1. The third-order valence-electron chi connectivity index (χ3n) is 7.38. The van der Waals surface area contributed by atoms with Gasteiger partial charge in [-0.15, -0.1) is 0 Å². The van der Waals surface area contributed by atoms with Crippen LogP contribution in [0.25, 0.3) is 5.70 Å². The number of hydrogen-bond acceptors (Lipinski definition) is 4. The Hall–Kier alpha value is -2.72. The summed E-state index contributed by atoms with van der Waals surface area (Å²) in [5.41, 5.74) is 6.69. The van der Waals surface area contributed by atoms with Crippen molar-refractivity contribution in [3.8, 4) is 5.75 Å². The second-order valence-corrected chi connectivity index (χ2v) is 9.92. The molecule has 2 saturated heterocycles. The molecule has 0 unspecified atom stereocenters. The molecule has 4 rings (SSSR count). The summed E-state index contributed by atoms with van der Waals surface area (Å²) < 4.78 is 6.16. The summed E-state index contributed by atoms with van der Waals surface area (Å²) in [6, 6.07) is 17.8. The van der Waals surface area contributed by atoms with Crippen LogP contribution in [0.1, 0.15) is 68.1 Å². The van der Waals surface area contributed by atoms with Crippen molar-refractivity contribution in [1.82, 2.24) is 15.1 Å². The molecule has 4 heteroatoms. The number of benzene rings is 2. The van der Waals surface area contributed by atoms with Gasteiger partial charge in [-0.1, -0.05) is 56.0 Å². The summed E-state index contributed by atoms with van der Waals surface area (Å²) in [5.74, 6) is 1.60. The van der Waals surface area contributed by atoms with Crippen molar-refractivity contribution in [2.75, 3.05) is 39.8 Å². The number of ether oxygens (including phenoxy) is 1. The first-order valence-corrected chi connectivity index (χ1v) is 13.5. The molecule has 1 N–H and O–H groups in total. The van der Waals surface area contributed by atoms with E-state index in [1.807, 2.05) is 7.05 Å². The van der Waals surface area contributed by atoms with Crippen LogP contribution in [0.4, 0.5) is 0 Å². The van der Waals surface area contributed by atoms with Crippen LogP contribution < -0.4 is 10.1 Å². The summed E-state index contributed by atoms with van der Waals surface area (Å²) in [6.45, 7) is 12.6. The van der Waals surface area contributed by atoms with Gasteiger partial charge in [0, 0.05) is 56.1 Å². The van der Waals surface area contributed by atoms with E-state index < -0.39 is 0 Å². The summed E-state index contributed by atoms with van der Waals surface area (Å²) in [7, 11) is 2.01. The van der Waals surface area contributed by atoms with Crippen molar-refractivity contribution >= 4 is 5.70 Å². The highest BCUT2D eigenvalue weighted by molar-refractivity contribution is 5.65. The van der Waals surface area contributed by atoms with Crippen LogP contribution in [0.3, 0.4) is 0 Å². The van der Waals surface area contributed by atoms with Crippen LogP contribution in [0.5, 0.6) is 5.75 Å². The highest BCUT2D eigenvalue weighted by Crippen LogP contribution is 2.33. The molecule has 2 aliphatic rings. The Morgan fingerprint density at radius 3 is 2.54 bits per heavy atom. The molecule has 35 heavy (non-hydrogen) atoms. The maximum Gasteiger partial charge on any atom is 0.119 e. The van der Waals surface area contributed by atoms with E-state index in [1.54, 1.807) is 0 Å². The van der Waals surface area contributed by atoms with Crippen LogP contribution in [0.2, 0.25) is 0 Å². The van der Waals surface area contributed by atoms with Gasteiger partial charge in [-0.2, -0.15) is 0 Å². The number of piperidine rings is 1. The monoisotopic (exact) mass is 473 g/mol. The first-order valence-electron chi connectivity index (χ1n) is 13.5. The van der Waals surface area contributed by atoms with Crippen molar-refractivity contribution in [3.63, 3.8) is 0 Å². The molecule has 2 heterocycles. The standard InChI is InChI=1S/C31H43N3O/c1-4-9-31(34-19-14-27(15-20-34)28-11-7-10-26(22-28)24-32-3)29-12-8-13-30(23-29)35-21-16-25(2)33-17-5-6-18-33/h7-13,22-23,27,32H,2,4-6,14-21,24H2,1,3H3/b31-9+. The van der Waals surface area contributed by atoms with E-state index >= 15 is 0 Å². The molecule has 0 radical (unpaired) electrons. The molecular formula is C31H43N3O. The maximum atomic E-state index is 6.16. The van der Waals surface area contributed by atoms with Crippen LogP contribution in [-0.2, 0) is 6.54 Å². The Bertz CT molecular complexity index is 984. The Morgan fingerprint density at radius 2 is 1.80 bits per heavy atom. The number of hydrogen-bond donors (Lipinski definition) is 1. The highest BCUT2D eigenvalue weighted by Gasteiger charge is 2.23. The second kappa shape index (κ2) is 12.8. The number of allylic oxidation sites excluding steroid dienone is 1. The molecule has 0 spiro atoms. The van der Waals surface area contributed by atoms with E-state index in [1.165, 1.54) is 53.8 Å². The lowest BCUT2D eigenvalue weighted by Gasteiger charge is -2.36. The van der Waals surface area contributed by atoms with Gasteiger partial charge in [0.05, 0.1) is 6.61 Å². The minimum Gasteiger partial charge on any atom is -0.493 e. The number of nitrogens with zero attached hydrogens (tertiary/aromatic N) is 2. The molecule has 2 aromatic rings. The Labute approximate surface area is 212 Å². The van der Waals surface area contributed by atoms with Crippen molar-refractivity contribution in [2.24, 2.45) is 0 Å². The number of rotatable bonds is 11. The molecule has 188 valence electrons. The van der Waals surface area contributed by atoms with Gasteiger partial charge in [0.25, 0.3) is 0 Å². The average molecular weight is 474 g/mol. The van der Waals surface area contributed by atoms with Gasteiger partial charge in [-0.25, -0.2) is 0 Å². The van der Waals surface area contributed by atoms with Crippen molar-refractivity contribution < 1.29 is 4.74 Å². The van der Waals surface area contributed by atoms with Crippen LogP contribution in [0, 0.1) is 0 Å². The van der Waals surface area contributed by atoms with Gasteiger partial charge >= 0.3 is 0 Å². The Morgan fingerprint density at radius 1 is 1.03 bits per heavy atom. The number of likely N-dealkylation sites (tertiary alicyclic amines) is 2. The SMILES string of the molecule is C=C(CCOc1cccc(/C(=C\CC)N2CCC(c3cccc(CNC)c3)CC2)c1)N1CCCC1. The summed E-state index contributed by atoms with van der Waals surface area (Å²) in [6.07, 6.45) is 9.26. The fourth-order valence-corrected chi connectivity index (χ4v) is 5.46. The molecule has 2 aromatic carbocycles. The summed E-state index contributed by atoms with van der Waals surface area (Å²) >= 11 is 0. The zero-order valence-electron chi connectivity index (χ0n) is 21.8. The van der Waals surface area contributed by atoms with E-state index in [-0.39, 0.29) is 0 Å². The third kappa shape index (κ3) is 6.91. The Kier molecular flexibility index (Phi) is 9.30. The van der Waals surface area contributed by atoms with E-state index in [0.29, 0.717) is 12.5 Å². The first kappa shape index (κ1) is 25.4. The lowest BCUT2D eigenvalue weighted by atomic mass is 9.88. The minimum atomic E-state index is 0.643. The smallest absolute Gasteiger partial charge is 0.119 e. The first-order chi connectivity index (χ1) is 17.2. The topological polar surface area (TPSA) is 27.7 Å². The molecular weight excluding hydrogens is 430 g/mol. The Balaban J connectivity index is 1.35. The van der Waals surface area contributed by atoms with E-state index in [0.717, 1.165) is 51.3 Å². The van der Waals surface area contributed by atoms with E-state index in [2.05, 4.69) is 83.2 Å². The maximum absolute atomic E-state index is 6.16. The molecule has 2 aliphatic heterocycles.